The lowest BCUT2D eigenvalue weighted by Gasteiger charge is -2.11. The van der Waals surface area contributed by atoms with Crippen molar-refractivity contribution in [2.24, 2.45) is 0 Å². The first-order valence-electron chi connectivity index (χ1n) is 25.8. The molecule has 13 aromatic rings. The van der Waals surface area contributed by atoms with Crippen molar-refractivity contribution in [1.29, 1.82) is 0 Å². The number of ether oxygens (including phenoxy) is 3. The number of aromatic nitrogens is 3. The molecule has 6 aromatic heterocycles. The lowest BCUT2D eigenvalue weighted by Crippen LogP contribution is -2.21. The molecule has 0 aliphatic heterocycles. The molecule has 15 nitrogen and oxygen atoms in total. The van der Waals surface area contributed by atoms with E-state index in [9.17, 15) is 28.8 Å². The molecule has 0 aliphatic rings. The number of esters is 3. The molecule has 15 heteroatoms. The average molecular weight is 1060 g/mol. The Labute approximate surface area is 454 Å². The molecule has 0 saturated carbocycles. The Hall–Kier alpha value is -10.5. The molecular weight excluding hydrogens is 1010 g/mol. The van der Waals surface area contributed by atoms with Crippen molar-refractivity contribution in [2.75, 3.05) is 19.8 Å². The first-order chi connectivity index (χ1) is 39.0. The molecule has 0 atom stereocenters. The number of carbonyl (C=O) groups excluding carboxylic acids is 3. The van der Waals surface area contributed by atoms with E-state index in [0.29, 0.717) is 66.7 Å². The molecule has 0 aliphatic carbocycles. The molecular formula is C65H49N3O12. The van der Waals surface area contributed by atoms with Gasteiger partial charge in [-0.3, -0.25) is 14.4 Å². The van der Waals surface area contributed by atoms with Crippen LogP contribution in [-0.4, -0.2) is 52.7 Å². The number of nitrogens with one attached hydrogen (secondary N) is 3. The van der Waals surface area contributed by atoms with Gasteiger partial charge in [0.05, 0.1) is 36.4 Å². The van der Waals surface area contributed by atoms with Crippen LogP contribution in [-0.2, 0) is 14.2 Å². The monoisotopic (exact) mass is 1060 g/mol. The third-order valence-electron chi connectivity index (χ3n) is 13.5. The molecule has 0 fully saturated rings. The maximum Gasteiger partial charge on any atom is 0.344 e. The van der Waals surface area contributed by atoms with Gasteiger partial charge in [-0.25, -0.2) is 14.4 Å². The Balaban J connectivity index is 0.000000127. The number of hydrogen-bond donors (Lipinski definition) is 3. The SMILES string of the molecule is CCOC(=O)c1c(-c2ccc(C)cc2)c2oc3ccccc3c2[nH]c1=O.CCOC(=O)c1c(-c2cccc3ccccc23)c2oc3ccccc3c2[nH]c1=O.CCOC(=O)c1c(-c2ccccc2)c2oc3ccccc3c2[nH]c1=O. The van der Waals surface area contributed by atoms with Crippen LogP contribution in [0.1, 0.15) is 57.4 Å². The van der Waals surface area contributed by atoms with Crippen LogP contribution in [0.2, 0.25) is 0 Å². The summed E-state index contributed by atoms with van der Waals surface area (Å²) in [5, 5.41) is 4.30. The summed E-state index contributed by atoms with van der Waals surface area (Å²) in [7, 11) is 0. The highest BCUT2D eigenvalue weighted by atomic mass is 16.5. The number of benzene rings is 7. The fourth-order valence-corrected chi connectivity index (χ4v) is 10.0. The van der Waals surface area contributed by atoms with Crippen LogP contribution >= 0.6 is 0 Å². The maximum absolute atomic E-state index is 13.0. The molecule has 0 bridgehead atoms. The predicted octanol–water partition coefficient (Wildman–Crippen LogP) is 13.8. The lowest BCUT2D eigenvalue weighted by atomic mass is 9.94. The van der Waals surface area contributed by atoms with Gasteiger partial charge in [0.25, 0.3) is 16.7 Å². The summed E-state index contributed by atoms with van der Waals surface area (Å²) < 4.78 is 33.5. The quantitative estimate of drug-likeness (QED) is 0.0909. The van der Waals surface area contributed by atoms with Gasteiger partial charge in [-0.15, -0.1) is 0 Å². The number of hydrogen-bond acceptors (Lipinski definition) is 12. The summed E-state index contributed by atoms with van der Waals surface area (Å²) in [5.41, 5.74) is 8.10. The number of H-pyrrole nitrogens is 3. The Morgan fingerprint density at radius 1 is 0.388 bits per heavy atom. The standard InChI is InChI=1S/C24H17NO4.C21H17NO4.C20H15NO4/c1-2-28-24(27)20-19(16-12-7-9-14-8-3-4-10-15(14)16)22-21(25-23(20)26)17-11-5-6-13-18(17)29-22;1-3-25-21(24)17-16(13-10-8-12(2)9-11-13)19-18(22-20(17)23)14-6-4-5-7-15(14)26-19;1-2-24-20(23)16-15(12-8-4-3-5-9-12)18-17(21-19(16)22)13-10-6-7-11-14(13)25-18/h3-13H,2H2,1H3,(H,25,26);4-11H,3H2,1-2H3,(H,22,23);3-11H,2H2,1H3,(H,21,22). The first-order valence-corrected chi connectivity index (χ1v) is 25.8. The Bertz CT molecular complexity index is 4730. The fraction of sp³-hybridized carbons (Fsp3) is 0.108. The van der Waals surface area contributed by atoms with Crippen molar-refractivity contribution < 1.29 is 41.8 Å². The summed E-state index contributed by atoms with van der Waals surface area (Å²) in [5.74, 6) is -1.99. The largest absolute Gasteiger partial charge is 0.462 e. The minimum atomic E-state index is -0.668. The number of furan rings is 3. The number of pyridine rings is 3. The van der Waals surface area contributed by atoms with Gasteiger partial charge in [0.15, 0.2) is 16.7 Å². The lowest BCUT2D eigenvalue weighted by molar-refractivity contribution is 0.0515. The summed E-state index contributed by atoms with van der Waals surface area (Å²) in [6, 6.07) is 52.8. The number of aromatic amines is 3. The van der Waals surface area contributed by atoms with E-state index in [1.54, 1.807) is 20.8 Å². The second-order valence-electron chi connectivity index (χ2n) is 18.4. The summed E-state index contributed by atoms with van der Waals surface area (Å²) in [4.78, 5) is 84.6. The van der Waals surface area contributed by atoms with E-state index in [0.717, 1.165) is 49.2 Å². The van der Waals surface area contributed by atoms with Gasteiger partial charge >= 0.3 is 17.9 Å². The summed E-state index contributed by atoms with van der Waals surface area (Å²) >= 11 is 0. The number of carbonyl (C=O) groups is 3. The predicted molar refractivity (Wildman–Crippen MR) is 309 cm³/mol. The highest BCUT2D eigenvalue weighted by Crippen LogP contribution is 2.40. The van der Waals surface area contributed by atoms with Crippen LogP contribution in [0.5, 0.6) is 0 Å². The Morgan fingerprint density at radius 3 is 1.18 bits per heavy atom. The van der Waals surface area contributed by atoms with Gasteiger partial charge in [0.1, 0.15) is 33.4 Å². The van der Waals surface area contributed by atoms with E-state index in [1.807, 2.05) is 177 Å². The molecule has 3 N–H and O–H groups in total. The van der Waals surface area contributed by atoms with Crippen LogP contribution in [0, 0.1) is 6.92 Å². The van der Waals surface area contributed by atoms with Crippen molar-refractivity contribution in [3.05, 3.63) is 223 Å². The van der Waals surface area contributed by atoms with E-state index in [2.05, 4.69) is 15.0 Å². The van der Waals surface area contributed by atoms with Crippen molar-refractivity contribution >= 4 is 94.9 Å². The van der Waals surface area contributed by atoms with Crippen LogP contribution in [0.4, 0.5) is 0 Å². The molecule has 0 spiro atoms. The number of fused-ring (bicyclic) bond motifs is 10. The minimum absolute atomic E-state index is 0.0396. The van der Waals surface area contributed by atoms with Crippen LogP contribution in [0.25, 0.3) is 110 Å². The molecule has 0 radical (unpaired) electrons. The van der Waals surface area contributed by atoms with Gasteiger partial charge in [0, 0.05) is 32.8 Å². The van der Waals surface area contributed by atoms with Crippen molar-refractivity contribution in [2.45, 2.75) is 27.7 Å². The van der Waals surface area contributed by atoms with Gasteiger partial charge in [-0.05, 0) is 91.6 Å². The second-order valence-corrected chi connectivity index (χ2v) is 18.4. The van der Waals surface area contributed by atoms with E-state index in [4.69, 9.17) is 27.5 Å². The molecule has 7 aromatic carbocycles. The highest BCUT2D eigenvalue weighted by molar-refractivity contribution is 6.16. The molecule has 80 heavy (non-hydrogen) atoms. The maximum atomic E-state index is 13.0. The average Bonchev–Trinajstić information content (AvgIpc) is 4.08. The van der Waals surface area contributed by atoms with Crippen LogP contribution in [0.15, 0.2) is 197 Å². The van der Waals surface area contributed by atoms with Gasteiger partial charge in [0.2, 0.25) is 0 Å². The van der Waals surface area contributed by atoms with Gasteiger partial charge in [-0.2, -0.15) is 0 Å². The van der Waals surface area contributed by atoms with Crippen molar-refractivity contribution in [3.63, 3.8) is 0 Å². The molecule has 0 saturated heterocycles. The van der Waals surface area contributed by atoms with E-state index >= 15 is 0 Å². The number of aryl methyl sites for hydroxylation is 1. The fourth-order valence-electron chi connectivity index (χ4n) is 10.0. The third kappa shape index (κ3) is 9.36. The van der Waals surface area contributed by atoms with Crippen LogP contribution in [0.3, 0.4) is 0 Å². The van der Waals surface area contributed by atoms with E-state index in [-0.39, 0.29) is 36.5 Å². The van der Waals surface area contributed by atoms with Gasteiger partial charge in [-0.1, -0.05) is 139 Å². The van der Waals surface area contributed by atoms with Crippen molar-refractivity contribution in [3.8, 4) is 33.4 Å². The highest BCUT2D eigenvalue weighted by Gasteiger charge is 2.29. The zero-order valence-electron chi connectivity index (χ0n) is 43.7. The van der Waals surface area contributed by atoms with Gasteiger partial charge < -0.3 is 42.4 Å². The molecule has 0 amide bonds. The van der Waals surface area contributed by atoms with E-state index < -0.39 is 34.6 Å². The minimum Gasteiger partial charge on any atom is -0.462 e. The summed E-state index contributed by atoms with van der Waals surface area (Å²) in [6.45, 7) is 7.64. The third-order valence-corrected chi connectivity index (χ3v) is 13.5. The number of rotatable bonds is 9. The molecule has 396 valence electrons. The van der Waals surface area contributed by atoms with Crippen molar-refractivity contribution in [1.82, 2.24) is 15.0 Å². The second kappa shape index (κ2) is 21.8. The zero-order chi connectivity index (χ0) is 55.6. The molecule has 0 unspecified atom stereocenters. The molecule has 6 heterocycles. The topological polar surface area (TPSA) is 217 Å². The first kappa shape index (κ1) is 51.6. The normalized spacial score (nSPS) is 11.2. The summed E-state index contributed by atoms with van der Waals surface area (Å²) in [6.07, 6.45) is 0. The Kier molecular flexibility index (Phi) is 14.1. The Morgan fingerprint density at radius 2 is 0.738 bits per heavy atom. The van der Waals surface area contributed by atoms with Crippen LogP contribution < -0.4 is 16.7 Å². The number of para-hydroxylation sites is 3. The zero-order valence-corrected chi connectivity index (χ0v) is 43.7. The molecule has 13 rings (SSSR count). The smallest absolute Gasteiger partial charge is 0.344 e. The van der Waals surface area contributed by atoms with E-state index in [1.165, 1.54) is 0 Å².